The predicted octanol–water partition coefficient (Wildman–Crippen LogP) is 1.67. The van der Waals surface area contributed by atoms with Gasteiger partial charge in [-0.2, -0.15) is 0 Å². The lowest BCUT2D eigenvalue weighted by Gasteiger charge is -2.17. The second-order valence-corrected chi connectivity index (χ2v) is 6.00. The van der Waals surface area contributed by atoms with Crippen molar-refractivity contribution in [3.63, 3.8) is 0 Å². The van der Waals surface area contributed by atoms with Gasteiger partial charge in [0.05, 0.1) is 5.75 Å². The number of hydrogen-bond acceptors (Lipinski definition) is 3. The van der Waals surface area contributed by atoms with E-state index in [4.69, 9.17) is 16.7 Å². The van der Waals surface area contributed by atoms with E-state index in [2.05, 4.69) is 5.32 Å². The van der Waals surface area contributed by atoms with Crippen LogP contribution in [0.1, 0.15) is 24.9 Å². The third-order valence-electron chi connectivity index (χ3n) is 2.46. The molecule has 0 radical (unpaired) electrons. The zero-order valence-electron chi connectivity index (χ0n) is 9.69. The van der Waals surface area contributed by atoms with Crippen LogP contribution in [-0.2, 0) is 10.0 Å². The fraction of sp³-hybridized carbons (Fsp3) is 0.455. The Bertz CT molecular complexity index is 445. The van der Waals surface area contributed by atoms with Crippen molar-refractivity contribution < 1.29 is 8.42 Å². The van der Waals surface area contributed by atoms with Crippen LogP contribution in [0.15, 0.2) is 24.3 Å². The first-order valence-corrected chi connectivity index (χ1v) is 7.51. The molecule has 96 valence electrons. The van der Waals surface area contributed by atoms with Crippen LogP contribution in [0.4, 0.5) is 0 Å². The summed E-state index contributed by atoms with van der Waals surface area (Å²) in [6.45, 7) is 2.38. The third kappa shape index (κ3) is 5.50. The van der Waals surface area contributed by atoms with Gasteiger partial charge < -0.3 is 5.32 Å². The van der Waals surface area contributed by atoms with Crippen molar-refractivity contribution in [2.45, 2.75) is 19.4 Å². The summed E-state index contributed by atoms with van der Waals surface area (Å²) in [6.07, 6.45) is 0.867. The van der Waals surface area contributed by atoms with Crippen LogP contribution >= 0.6 is 11.6 Å². The molecule has 0 heterocycles. The van der Waals surface area contributed by atoms with E-state index in [9.17, 15) is 8.42 Å². The van der Waals surface area contributed by atoms with E-state index in [0.717, 1.165) is 12.0 Å². The minimum Gasteiger partial charge on any atom is -0.309 e. The summed E-state index contributed by atoms with van der Waals surface area (Å²) >= 11 is 5.81. The summed E-state index contributed by atoms with van der Waals surface area (Å²) in [5, 5.41) is 8.78. The van der Waals surface area contributed by atoms with Gasteiger partial charge in [0, 0.05) is 17.6 Å². The van der Waals surface area contributed by atoms with Gasteiger partial charge in [0.15, 0.2) is 0 Å². The standard InChI is InChI=1S/C11H17ClN2O2S/c1-2-11(14-7-8-17(13,15)16)9-3-5-10(12)6-4-9/h3-6,11,14H,2,7-8H2,1H3,(H2,13,15,16). The van der Waals surface area contributed by atoms with Crippen molar-refractivity contribution in [3.8, 4) is 0 Å². The molecular weight excluding hydrogens is 260 g/mol. The van der Waals surface area contributed by atoms with E-state index < -0.39 is 10.0 Å². The molecular formula is C11H17ClN2O2S. The van der Waals surface area contributed by atoms with E-state index in [-0.39, 0.29) is 11.8 Å². The molecule has 6 heteroatoms. The Morgan fingerprint density at radius 1 is 1.35 bits per heavy atom. The molecule has 1 rings (SSSR count). The first-order valence-electron chi connectivity index (χ1n) is 5.41. The molecule has 0 saturated heterocycles. The number of hydrogen-bond donors (Lipinski definition) is 2. The molecule has 4 nitrogen and oxygen atoms in total. The van der Waals surface area contributed by atoms with Crippen LogP contribution in [0.3, 0.4) is 0 Å². The maximum Gasteiger partial charge on any atom is 0.210 e. The van der Waals surface area contributed by atoms with E-state index in [0.29, 0.717) is 11.6 Å². The molecule has 1 atom stereocenters. The van der Waals surface area contributed by atoms with Crippen LogP contribution in [0.5, 0.6) is 0 Å². The van der Waals surface area contributed by atoms with Crippen LogP contribution in [-0.4, -0.2) is 20.7 Å². The van der Waals surface area contributed by atoms with Crippen molar-refractivity contribution in [1.29, 1.82) is 0 Å². The fourth-order valence-corrected chi connectivity index (χ4v) is 2.10. The third-order valence-corrected chi connectivity index (χ3v) is 3.48. The number of benzene rings is 1. The maximum absolute atomic E-state index is 10.8. The van der Waals surface area contributed by atoms with Gasteiger partial charge in [-0.1, -0.05) is 30.7 Å². The Hall–Kier alpha value is -0.620. The van der Waals surface area contributed by atoms with Crippen LogP contribution in [0.25, 0.3) is 0 Å². The highest BCUT2D eigenvalue weighted by atomic mass is 35.5. The fourth-order valence-electron chi connectivity index (χ4n) is 1.57. The number of rotatable bonds is 6. The monoisotopic (exact) mass is 276 g/mol. The van der Waals surface area contributed by atoms with E-state index in [1.807, 2.05) is 31.2 Å². The highest BCUT2D eigenvalue weighted by Crippen LogP contribution is 2.18. The minimum atomic E-state index is -3.40. The zero-order chi connectivity index (χ0) is 12.9. The molecule has 0 aromatic heterocycles. The summed E-state index contributed by atoms with van der Waals surface area (Å²) in [7, 11) is -3.40. The van der Waals surface area contributed by atoms with E-state index in [1.54, 1.807) is 0 Å². The minimum absolute atomic E-state index is 0.0584. The molecule has 0 saturated carbocycles. The lowest BCUT2D eigenvalue weighted by molar-refractivity contribution is 0.531. The van der Waals surface area contributed by atoms with Crippen LogP contribution in [0, 0.1) is 0 Å². The number of halogens is 1. The van der Waals surface area contributed by atoms with Crippen LogP contribution in [0.2, 0.25) is 5.02 Å². The molecule has 0 amide bonds. The molecule has 0 aliphatic rings. The average molecular weight is 277 g/mol. The number of nitrogens with two attached hydrogens (primary N) is 1. The Morgan fingerprint density at radius 2 is 1.94 bits per heavy atom. The lowest BCUT2D eigenvalue weighted by atomic mass is 10.1. The van der Waals surface area contributed by atoms with Gasteiger partial charge in [-0.3, -0.25) is 0 Å². The number of primary sulfonamides is 1. The summed E-state index contributed by atoms with van der Waals surface area (Å²) < 4.78 is 21.6. The maximum atomic E-state index is 10.8. The van der Waals surface area contributed by atoms with Crippen molar-refractivity contribution in [3.05, 3.63) is 34.9 Å². The molecule has 1 aromatic rings. The van der Waals surface area contributed by atoms with Gasteiger partial charge in [0.25, 0.3) is 0 Å². The lowest BCUT2D eigenvalue weighted by Crippen LogP contribution is -2.29. The number of nitrogens with one attached hydrogen (secondary N) is 1. The van der Waals surface area contributed by atoms with Crippen molar-refractivity contribution in [2.24, 2.45) is 5.14 Å². The summed E-state index contributed by atoms with van der Waals surface area (Å²) in [5.41, 5.74) is 1.09. The first kappa shape index (κ1) is 14.4. The molecule has 1 unspecified atom stereocenters. The van der Waals surface area contributed by atoms with Gasteiger partial charge in [-0.25, -0.2) is 13.6 Å². The summed E-state index contributed by atoms with van der Waals surface area (Å²) in [4.78, 5) is 0. The van der Waals surface area contributed by atoms with Crippen LogP contribution < -0.4 is 10.5 Å². The second-order valence-electron chi connectivity index (χ2n) is 3.83. The van der Waals surface area contributed by atoms with Gasteiger partial charge in [-0.05, 0) is 24.1 Å². The Labute approximate surface area is 107 Å². The Morgan fingerprint density at radius 3 is 2.41 bits per heavy atom. The van der Waals surface area contributed by atoms with Crippen molar-refractivity contribution in [2.75, 3.05) is 12.3 Å². The highest BCUT2D eigenvalue weighted by molar-refractivity contribution is 7.89. The average Bonchev–Trinajstić information content (AvgIpc) is 2.24. The van der Waals surface area contributed by atoms with Gasteiger partial charge in [0.2, 0.25) is 10.0 Å². The normalized spacial score (nSPS) is 13.6. The molecule has 0 spiro atoms. The molecule has 0 aliphatic carbocycles. The van der Waals surface area contributed by atoms with Gasteiger partial charge in [-0.15, -0.1) is 0 Å². The molecule has 17 heavy (non-hydrogen) atoms. The quantitative estimate of drug-likeness (QED) is 0.830. The largest absolute Gasteiger partial charge is 0.309 e. The van der Waals surface area contributed by atoms with Crippen molar-refractivity contribution in [1.82, 2.24) is 5.32 Å². The Kier molecular flexibility index (Phi) is 5.39. The topological polar surface area (TPSA) is 72.2 Å². The van der Waals surface area contributed by atoms with Crippen molar-refractivity contribution >= 4 is 21.6 Å². The predicted molar refractivity (Wildman–Crippen MR) is 70.5 cm³/mol. The summed E-state index contributed by atoms with van der Waals surface area (Å²) in [6, 6.07) is 7.62. The molecule has 0 bridgehead atoms. The first-order chi connectivity index (χ1) is 7.92. The molecule has 3 N–H and O–H groups in total. The smallest absolute Gasteiger partial charge is 0.210 e. The molecule has 1 aromatic carbocycles. The molecule has 0 aliphatic heterocycles. The Balaban J connectivity index is 2.57. The number of sulfonamides is 1. The van der Waals surface area contributed by atoms with Gasteiger partial charge >= 0.3 is 0 Å². The van der Waals surface area contributed by atoms with Gasteiger partial charge in [0.1, 0.15) is 0 Å². The van der Waals surface area contributed by atoms with E-state index in [1.165, 1.54) is 0 Å². The summed E-state index contributed by atoms with van der Waals surface area (Å²) in [5.74, 6) is -0.0584. The van der Waals surface area contributed by atoms with E-state index >= 15 is 0 Å². The SMILES string of the molecule is CCC(NCCS(N)(=O)=O)c1ccc(Cl)cc1. The second kappa shape index (κ2) is 6.35. The molecule has 0 fully saturated rings. The highest BCUT2D eigenvalue weighted by Gasteiger charge is 2.10. The zero-order valence-corrected chi connectivity index (χ0v) is 11.3.